The van der Waals surface area contributed by atoms with Crippen molar-refractivity contribution >= 4 is 17.8 Å². The molecular formula is C15H26N4O3. The SMILES string of the molecule is C[C@@H]1CCC[C@H](C)N1CCNC(=O)CC[C@@H]1NC(=O)NC1=O. The Labute approximate surface area is 131 Å². The molecule has 7 nitrogen and oxygen atoms in total. The Bertz CT molecular complexity index is 431. The topological polar surface area (TPSA) is 90.5 Å². The number of nitrogens with one attached hydrogen (secondary N) is 3. The molecule has 7 heteroatoms. The fourth-order valence-corrected chi connectivity index (χ4v) is 3.27. The summed E-state index contributed by atoms with van der Waals surface area (Å²) in [5.74, 6) is -0.431. The summed E-state index contributed by atoms with van der Waals surface area (Å²) < 4.78 is 0. The van der Waals surface area contributed by atoms with E-state index >= 15 is 0 Å². The van der Waals surface area contributed by atoms with Gasteiger partial charge < -0.3 is 10.6 Å². The van der Waals surface area contributed by atoms with Crippen molar-refractivity contribution in [3.8, 4) is 0 Å². The van der Waals surface area contributed by atoms with Crippen LogP contribution in [0.1, 0.15) is 46.0 Å². The van der Waals surface area contributed by atoms with E-state index in [1.807, 2.05) is 0 Å². The second kappa shape index (κ2) is 7.58. The van der Waals surface area contributed by atoms with Gasteiger partial charge in [0.1, 0.15) is 6.04 Å². The quantitative estimate of drug-likeness (QED) is 0.618. The van der Waals surface area contributed by atoms with Crippen molar-refractivity contribution in [2.75, 3.05) is 13.1 Å². The Morgan fingerprint density at radius 2 is 1.95 bits per heavy atom. The van der Waals surface area contributed by atoms with Gasteiger partial charge in [0.05, 0.1) is 0 Å². The third kappa shape index (κ3) is 4.43. The van der Waals surface area contributed by atoms with Gasteiger partial charge in [0.15, 0.2) is 0 Å². The summed E-state index contributed by atoms with van der Waals surface area (Å²) in [6, 6.07) is 0.0694. The average molecular weight is 310 g/mol. The maximum atomic E-state index is 11.8. The van der Waals surface area contributed by atoms with Crippen LogP contribution in [0.3, 0.4) is 0 Å². The summed E-state index contributed by atoms with van der Waals surface area (Å²) in [7, 11) is 0. The summed E-state index contributed by atoms with van der Waals surface area (Å²) in [5, 5.41) is 7.55. The average Bonchev–Trinajstić information content (AvgIpc) is 2.78. The summed E-state index contributed by atoms with van der Waals surface area (Å²) in [6.07, 6.45) is 4.29. The number of amides is 4. The molecule has 0 unspecified atom stereocenters. The van der Waals surface area contributed by atoms with Gasteiger partial charge in [-0.1, -0.05) is 6.42 Å². The highest BCUT2D eigenvalue weighted by Crippen LogP contribution is 2.21. The largest absolute Gasteiger partial charge is 0.355 e. The second-order valence-corrected chi connectivity index (χ2v) is 6.27. The van der Waals surface area contributed by atoms with Gasteiger partial charge in [0.2, 0.25) is 5.91 Å². The minimum absolute atomic E-state index is 0.0775. The highest BCUT2D eigenvalue weighted by molar-refractivity contribution is 6.04. The van der Waals surface area contributed by atoms with Crippen LogP contribution in [0, 0.1) is 0 Å². The molecule has 0 aliphatic carbocycles. The van der Waals surface area contributed by atoms with Crippen molar-refractivity contribution in [3.63, 3.8) is 0 Å². The Hall–Kier alpha value is -1.63. The molecule has 0 radical (unpaired) electrons. The van der Waals surface area contributed by atoms with Gasteiger partial charge in [-0.15, -0.1) is 0 Å². The first kappa shape index (κ1) is 16.7. The van der Waals surface area contributed by atoms with E-state index in [4.69, 9.17) is 0 Å². The van der Waals surface area contributed by atoms with E-state index in [1.54, 1.807) is 0 Å². The fourth-order valence-electron chi connectivity index (χ4n) is 3.27. The van der Waals surface area contributed by atoms with Crippen molar-refractivity contribution in [1.82, 2.24) is 20.9 Å². The first-order valence-corrected chi connectivity index (χ1v) is 8.11. The minimum Gasteiger partial charge on any atom is -0.355 e. The van der Waals surface area contributed by atoms with Crippen molar-refractivity contribution in [2.24, 2.45) is 0 Å². The second-order valence-electron chi connectivity index (χ2n) is 6.27. The molecule has 0 aromatic heterocycles. The Morgan fingerprint density at radius 3 is 2.55 bits per heavy atom. The third-order valence-corrected chi connectivity index (χ3v) is 4.59. The fraction of sp³-hybridized carbons (Fsp3) is 0.800. The first-order chi connectivity index (χ1) is 10.5. The number of carbonyl (C=O) groups is 3. The lowest BCUT2D eigenvalue weighted by Crippen LogP contribution is -2.47. The Morgan fingerprint density at radius 1 is 1.27 bits per heavy atom. The van der Waals surface area contributed by atoms with Crippen molar-refractivity contribution in [3.05, 3.63) is 0 Å². The van der Waals surface area contributed by atoms with Gasteiger partial charge in [-0.2, -0.15) is 0 Å². The zero-order chi connectivity index (χ0) is 16.1. The van der Waals surface area contributed by atoms with E-state index in [2.05, 4.69) is 34.7 Å². The number of hydrogen-bond acceptors (Lipinski definition) is 4. The van der Waals surface area contributed by atoms with Crippen LogP contribution in [0.15, 0.2) is 0 Å². The molecule has 22 heavy (non-hydrogen) atoms. The van der Waals surface area contributed by atoms with E-state index in [0.29, 0.717) is 25.0 Å². The van der Waals surface area contributed by atoms with Gasteiger partial charge in [-0.05, 0) is 33.1 Å². The molecule has 2 aliphatic rings. The predicted octanol–water partition coefficient (Wildman–Crippen LogP) is 0.354. The molecule has 2 fully saturated rings. The highest BCUT2D eigenvalue weighted by atomic mass is 16.2. The van der Waals surface area contributed by atoms with Crippen LogP contribution in [0.25, 0.3) is 0 Å². The van der Waals surface area contributed by atoms with Crippen molar-refractivity contribution in [2.45, 2.75) is 64.1 Å². The number of hydrogen-bond donors (Lipinski definition) is 3. The van der Waals surface area contributed by atoms with Crippen LogP contribution in [0.5, 0.6) is 0 Å². The summed E-state index contributed by atoms with van der Waals surface area (Å²) in [4.78, 5) is 36.6. The summed E-state index contributed by atoms with van der Waals surface area (Å²) in [5.41, 5.74) is 0. The molecule has 2 rings (SSSR count). The van der Waals surface area contributed by atoms with Gasteiger partial charge in [-0.25, -0.2) is 4.79 Å². The molecule has 4 amide bonds. The van der Waals surface area contributed by atoms with Crippen LogP contribution in [-0.4, -0.2) is 54.0 Å². The molecule has 2 heterocycles. The molecule has 0 saturated carbocycles. The van der Waals surface area contributed by atoms with E-state index in [-0.39, 0.29) is 18.2 Å². The number of likely N-dealkylation sites (tertiary alicyclic amines) is 1. The highest BCUT2D eigenvalue weighted by Gasteiger charge is 2.29. The minimum atomic E-state index is -0.583. The molecule has 0 aromatic rings. The number of urea groups is 1. The van der Waals surface area contributed by atoms with Crippen LogP contribution in [0.4, 0.5) is 4.79 Å². The molecule has 0 spiro atoms. The number of nitrogens with zero attached hydrogens (tertiary/aromatic N) is 1. The molecule has 3 atom stereocenters. The van der Waals surface area contributed by atoms with Crippen molar-refractivity contribution < 1.29 is 14.4 Å². The van der Waals surface area contributed by atoms with E-state index < -0.39 is 12.1 Å². The Balaban J connectivity index is 1.63. The standard InChI is InChI=1S/C15H26N4O3/c1-10-4-3-5-11(2)19(10)9-8-16-13(20)7-6-12-14(21)18-15(22)17-12/h10-12H,3-9H2,1-2H3,(H,16,20)(H2,17,18,21,22)/t10-,11+,12-/m0/s1. The number of carbonyl (C=O) groups excluding carboxylic acids is 3. The number of imide groups is 1. The molecule has 0 aromatic carbocycles. The lowest BCUT2D eigenvalue weighted by atomic mass is 9.98. The molecule has 2 aliphatic heterocycles. The molecule has 2 saturated heterocycles. The predicted molar refractivity (Wildman–Crippen MR) is 82.2 cm³/mol. The smallest absolute Gasteiger partial charge is 0.322 e. The zero-order valence-electron chi connectivity index (χ0n) is 13.4. The number of rotatable bonds is 6. The van der Waals surface area contributed by atoms with Crippen molar-refractivity contribution in [1.29, 1.82) is 0 Å². The summed E-state index contributed by atoms with van der Waals surface area (Å²) in [6.45, 7) is 5.95. The van der Waals surface area contributed by atoms with Gasteiger partial charge >= 0.3 is 6.03 Å². The third-order valence-electron chi connectivity index (χ3n) is 4.59. The van der Waals surface area contributed by atoms with Crippen LogP contribution < -0.4 is 16.0 Å². The van der Waals surface area contributed by atoms with E-state index in [9.17, 15) is 14.4 Å². The Kier molecular flexibility index (Phi) is 5.76. The maximum Gasteiger partial charge on any atom is 0.322 e. The van der Waals surface area contributed by atoms with Crippen LogP contribution in [0.2, 0.25) is 0 Å². The summed E-state index contributed by atoms with van der Waals surface area (Å²) >= 11 is 0. The normalized spacial score (nSPS) is 29.1. The lowest BCUT2D eigenvalue weighted by molar-refractivity contribution is -0.122. The molecular weight excluding hydrogens is 284 g/mol. The molecule has 3 N–H and O–H groups in total. The van der Waals surface area contributed by atoms with Gasteiger partial charge in [0, 0.05) is 31.6 Å². The van der Waals surface area contributed by atoms with Crippen LogP contribution in [-0.2, 0) is 9.59 Å². The molecule has 124 valence electrons. The number of piperidine rings is 1. The lowest BCUT2D eigenvalue weighted by Gasteiger charge is -2.39. The maximum absolute atomic E-state index is 11.8. The van der Waals surface area contributed by atoms with E-state index in [0.717, 1.165) is 6.54 Å². The molecule has 0 bridgehead atoms. The van der Waals surface area contributed by atoms with Gasteiger partial charge in [-0.3, -0.25) is 19.8 Å². The van der Waals surface area contributed by atoms with Gasteiger partial charge in [0.25, 0.3) is 5.91 Å². The van der Waals surface area contributed by atoms with Crippen LogP contribution >= 0.6 is 0 Å². The van der Waals surface area contributed by atoms with E-state index in [1.165, 1.54) is 19.3 Å². The monoisotopic (exact) mass is 310 g/mol. The zero-order valence-corrected chi connectivity index (χ0v) is 13.4. The first-order valence-electron chi connectivity index (χ1n) is 8.11.